The van der Waals surface area contributed by atoms with Gasteiger partial charge in [-0.1, -0.05) is 30.3 Å². The lowest BCUT2D eigenvalue weighted by Crippen LogP contribution is -2.24. The minimum atomic E-state index is 0.254. The van der Waals surface area contributed by atoms with Gasteiger partial charge in [0.1, 0.15) is 5.75 Å². The van der Waals surface area contributed by atoms with E-state index in [1.165, 1.54) is 5.56 Å². The topological polar surface area (TPSA) is 39.1 Å². The Bertz CT molecular complexity index is 794. The summed E-state index contributed by atoms with van der Waals surface area (Å²) in [5.41, 5.74) is 3.41. The predicted molar refractivity (Wildman–Crippen MR) is 84.0 cm³/mol. The zero-order valence-corrected chi connectivity index (χ0v) is 11.9. The first kappa shape index (κ1) is 12.3. The van der Waals surface area contributed by atoms with E-state index in [1.54, 1.807) is 7.11 Å². The summed E-state index contributed by atoms with van der Waals surface area (Å²) < 4.78 is 7.84. The summed E-state index contributed by atoms with van der Waals surface area (Å²) in [6.07, 6.45) is 1.02. The van der Waals surface area contributed by atoms with Gasteiger partial charge in [0.2, 0.25) is 5.95 Å². The van der Waals surface area contributed by atoms with E-state index < -0.39 is 0 Å². The highest BCUT2D eigenvalue weighted by molar-refractivity contribution is 5.79. The lowest BCUT2D eigenvalue weighted by molar-refractivity contribution is 0.398. The van der Waals surface area contributed by atoms with Crippen molar-refractivity contribution in [3.63, 3.8) is 0 Å². The van der Waals surface area contributed by atoms with Gasteiger partial charge in [-0.2, -0.15) is 0 Å². The summed E-state index contributed by atoms with van der Waals surface area (Å²) >= 11 is 0. The van der Waals surface area contributed by atoms with Crippen molar-refractivity contribution in [3.05, 3.63) is 54.1 Å². The Labute approximate surface area is 123 Å². The fourth-order valence-corrected chi connectivity index (χ4v) is 3.17. The molecular formula is C17H17N3O. The Morgan fingerprint density at radius 1 is 1.14 bits per heavy atom. The van der Waals surface area contributed by atoms with Crippen molar-refractivity contribution in [2.24, 2.45) is 0 Å². The van der Waals surface area contributed by atoms with Gasteiger partial charge < -0.3 is 14.6 Å². The molecule has 1 aliphatic heterocycles. The molecule has 4 heteroatoms. The highest BCUT2D eigenvalue weighted by Crippen LogP contribution is 2.37. The second-order valence-corrected chi connectivity index (χ2v) is 5.27. The number of rotatable bonds is 2. The molecule has 1 unspecified atom stereocenters. The van der Waals surface area contributed by atoms with Crippen LogP contribution in [-0.4, -0.2) is 23.2 Å². The van der Waals surface area contributed by atoms with Gasteiger partial charge in [-0.25, -0.2) is 4.98 Å². The summed E-state index contributed by atoms with van der Waals surface area (Å²) in [6.45, 7) is 0.923. The number of nitrogens with one attached hydrogen (secondary N) is 1. The minimum Gasteiger partial charge on any atom is -0.496 e. The Kier molecular flexibility index (Phi) is 2.81. The van der Waals surface area contributed by atoms with Crippen LogP contribution >= 0.6 is 0 Å². The van der Waals surface area contributed by atoms with E-state index in [0.29, 0.717) is 0 Å². The number of methoxy groups -OCH3 is 1. The van der Waals surface area contributed by atoms with Crippen molar-refractivity contribution in [1.29, 1.82) is 0 Å². The second kappa shape index (κ2) is 4.81. The molecule has 2 heterocycles. The zero-order valence-electron chi connectivity index (χ0n) is 11.9. The number of ether oxygens (including phenoxy) is 1. The standard InChI is InChI=1S/C17H17N3O/c1-21-16-9-5-2-6-12(16)14-10-11-18-17-19-13-7-3-4-8-15(13)20(14)17/h2-9,14H,10-11H2,1H3,(H,18,19). The number of benzene rings is 2. The number of hydrogen-bond donors (Lipinski definition) is 1. The molecule has 4 rings (SSSR count). The Balaban J connectivity index is 1.94. The molecule has 0 saturated heterocycles. The van der Waals surface area contributed by atoms with Gasteiger partial charge in [-0.15, -0.1) is 0 Å². The summed E-state index contributed by atoms with van der Waals surface area (Å²) in [5, 5.41) is 3.40. The lowest BCUT2D eigenvalue weighted by atomic mass is 10.0. The van der Waals surface area contributed by atoms with Gasteiger partial charge >= 0.3 is 0 Å². The molecule has 0 fully saturated rings. The predicted octanol–water partition coefficient (Wildman–Crippen LogP) is 3.45. The number of para-hydroxylation sites is 3. The van der Waals surface area contributed by atoms with E-state index >= 15 is 0 Å². The van der Waals surface area contributed by atoms with Crippen molar-refractivity contribution in [1.82, 2.24) is 9.55 Å². The zero-order chi connectivity index (χ0) is 14.2. The van der Waals surface area contributed by atoms with Crippen LogP contribution in [0.15, 0.2) is 48.5 Å². The van der Waals surface area contributed by atoms with Crippen LogP contribution in [0.2, 0.25) is 0 Å². The van der Waals surface area contributed by atoms with Crippen LogP contribution < -0.4 is 10.1 Å². The van der Waals surface area contributed by atoms with Crippen LogP contribution in [0.1, 0.15) is 18.0 Å². The van der Waals surface area contributed by atoms with E-state index in [9.17, 15) is 0 Å². The number of aromatic nitrogens is 2. The third kappa shape index (κ3) is 1.87. The fraction of sp³-hybridized carbons (Fsp3) is 0.235. The summed E-state index contributed by atoms with van der Waals surface area (Å²) in [7, 11) is 1.73. The van der Waals surface area contributed by atoms with E-state index in [2.05, 4.69) is 40.2 Å². The van der Waals surface area contributed by atoms with Gasteiger partial charge in [0.05, 0.1) is 24.2 Å². The average Bonchev–Trinajstić information content (AvgIpc) is 2.93. The van der Waals surface area contributed by atoms with Crippen molar-refractivity contribution in [2.75, 3.05) is 19.0 Å². The van der Waals surface area contributed by atoms with Crippen molar-refractivity contribution in [3.8, 4) is 5.75 Å². The smallest absolute Gasteiger partial charge is 0.204 e. The number of fused-ring (bicyclic) bond motifs is 3. The molecule has 1 N–H and O–H groups in total. The molecule has 1 aromatic heterocycles. The molecule has 1 aliphatic rings. The van der Waals surface area contributed by atoms with E-state index in [0.717, 1.165) is 35.7 Å². The molecule has 0 saturated carbocycles. The SMILES string of the molecule is COc1ccccc1C1CCNc2nc3ccccc3n21. The summed E-state index contributed by atoms with van der Waals surface area (Å²) in [6, 6.07) is 16.8. The van der Waals surface area contributed by atoms with Crippen molar-refractivity contribution >= 4 is 17.0 Å². The van der Waals surface area contributed by atoms with Crippen LogP contribution in [0.5, 0.6) is 5.75 Å². The molecular weight excluding hydrogens is 262 g/mol. The molecule has 0 aliphatic carbocycles. The van der Waals surface area contributed by atoms with Gasteiger partial charge in [0.15, 0.2) is 0 Å². The van der Waals surface area contributed by atoms with Gasteiger partial charge in [-0.3, -0.25) is 0 Å². The lowest BCUT2D eigenvalue weighted by Gasteiger charge is -2.28. The average molecular weight is 279 g/mol. The molecule has 0 bridgehead atoms. The van der Waals surface area contributed by atoms with Crippen LogP contribution in [0.3, 0.4) is 0 Å². The molecule has 21 heavy (non-hydrogen) atoms. The minimum absolute atomic E-state index is 0.254. The van der Waals surface area contributed by atoms with Gasteiger partial charge in [0, 0.05) is 12.1 Å². The van der Waals surface area contributed by atoms with E-state index in [4.69, 9.17) is 9.72 Å². The Morgan fingerprint density at radius 2 is 1.95 bits per heavy atom. The molecule has 0 radical (unpaired) electrons. The first-order valence-corrected chi connectivity index (χ1v) is 7.22. The second-order valence-electron chi connectivity index (χ2n) is 5.27. The number of nitrogens with zero attached hydrogens (tertiary/aromatic N) is 2. The highest BCUT2D eigenvalue weighted by Gasteiger charge is 2.26. The van der Waals surface area contributed by atoms with Crippen molar-refractivity contribution in [2.45, 2.75) is 12.5 Å². The quantitative estimate of drug-likeness (QED) is 0.781. The third-order valence-corrected chi connectivity index (χ3v) is 4.11. The van der Waals surface area contributed by atoms with Crippen LogP contribution in [0.4, 0.5) is 5.95 Å². The monoisotopic (exact) mass is 279 g/mol. The first-order chi connectivity index (χ1) is 10.4. The molecule has 0 spiro atoms. The van der Waals surface area contributed by atoms with Crippen LogP contribution in [0, 0.1) is 0 Å². The summed E-state index contributed by atoms with van der Waals surface area (Å²) in [4.78, 5) is 4.70. The molecule has 2 aromatic carbocycles. The number of imidazole rings is 1. The van der Waals surface area contributed by atoms with Gasteiger partial charge in [0.25, 0.3) is 0 Å². The summed E-state index contributed by atoms with van der Waals surface area (Å²) in [5.74, 6) is 1.88. The molecule has 0 amide bonds. The molecule has 1 atom stereocenters. The molecule has 3 aromatic rings. The maximum atomic E-state index is 5.55. The van der Waals surface area contributed by atoms with Crippen molar-refractivity contribution < 1.29 is 4.74 Å². The Morgan fingerprint density at radius 3 is 2.86 bits per heavy atom. The fourth-order valence-electron chi connectivity index (χ4n) is 3.17. The maximum Gasteiger partial charge on any atom is 0.204 e. The molecule has 106 valence electrons. The van der Waals surface area contributed by atoms with E-state index in [-0.39, 0.29) is 6.04 Å². The van der Waals surface area contributed by atoms with Crippen LogP contribution in [-0.2, 0) is 0 Å². The highest BCUT2D eigenvalue weighted by atomic mass is 16.5. The first-order valence-electron chi connectivity index (χ1n) is 7.22. The van der Waals surface area contributed by atoms with Crippen LogP contribution in [0.25, 0.3) is 11.0 Å². The normalized spacial score (nSPS) is 17.3. The maximum absolute atomic E-state index is 5.55. The largest absolute Gasteiger partial charge is 0.496 e. The van der Waals surface area contributed by atoms with E-state index in [1.807, 2.05) is 18.2 Å². The third-order valence-electron chi connectivity index (χ3n) is 4.11. The molecule has 4 nitrogen and oxygen atoms in total. The Hall–Kier alpha value is -2.49. The number of anilines is 1. The number of hydrogen-bond acceptors (Lipinski definition) is 3. The van der Waals surface area contributed by atoms with Gasteiger partial charge in [-0.05, 0) is 24.6 Å².